The van der Waals surface area contributed by atoms with E-state index in [1.165, 1.54) is 29.5 Å². The van der Waals surface area contributed by atoms with E-state index in [4.69, 9.17) is 11.6 Å². The average molecular weight is 402 g/mol. The van der Waals surface area contributed by atoms with Gasteiger partial charge in [-0.25, -0.2) is 18.1 Å². The lowest BCUT2D eigenvalue weighted by Gasteiger charge is -2.11. The molecule has 0 aliphatic rings. The largest absolute Gasteiger partial charge is 0.298 e. The van der Waals surface area contributed by atoms with Gasteiger partial charge in [-0.3, -0.25) is 10.1 Å². The van der Waals surface area contributed by atoms with Gasteiger partial charge in [-0.05, 0) is 38.0 Å². The van der Waals surface area contributed by atoms with Gasteiger partial charge in [0.25, 0.3) is 5.91 Å². The van der Waals surface area contributed by atoms with Gasteiger partial charge in [0.2, 0.25) is 10.0 Å². The molecule has 2 N–H and O–H groups in total. The third-order valence-corrected chi connectivity index (χ3v) is 5.98. The molecule has 0 saturated carbocycles. The zero-order chi connectivity index (χ0) is 18.8. The van der Waals surface area contributed by atoms with Crippen molar-refractivity contribution in [3.63, 3.8) is 0 Å². The van der Waals surface area contributed by atoms with Crippen molar-refractivity contribution in [1.82, 2.24) is 9.71 Å². The molecule has 6 nitrogen and oxygen atoms in total. The molecule has 0 saturated heterocycles. The average Bonchev–Trinajstić information content (AvgIpc) is 2.94. The van der Waals surface area contributed by atoms with E-state index >= 15 is 0 Å². The first-order valence-corrected chi connectivity index (χ1v) is 10.4. The Labute approximate surface area is 156 Å². The third kappa shape index (κ3) is 5.01. The van der Waals surface area contributed by atoms with Crippen molar-refractivity contribution < 1.29 is 13.2 Å². The molecular formula is C16H20ClN3O3S2. The van der Waals surface area contributed by atoms with Gasteiger partial charge in [-0.1, -0.05) is 25.4 Å². The Bertz CT molecular complexity index is 877. The van der Waals surface area contributed by atoms with Crippen LogP contribution in [0.3, 0.4) is 0 Å². The van der Waals surface area contributed by atoms with E-state index in [1.54, 1.807) is 13.8 Å². The van der Waals surface area contributed by atoms with Gasteiger partial charge in [0.05, 0.1) is 21.2 Å². The molecular weight excluding hydrogens is 382 g/mol. The van der Waals surface area contributed by atoms with Crippen LogP contribution in [0.4, 0.5) is 5.13 Å². The first-order valence-electron chi connectivity index (χ1n) is 7.69. The zero-order valence-electron chi connectivity index (χ0n) is 14.3. The lowest BCUT2D eigenvalue weighted by Crippen LogP contribution is -2.30. The molecule has 0 bridgehead atoms. The van der Waals surface area contributed by atoms with E-state index in [1.807, 2.05) is 19.2 Å². The Balaban J connectivity index is 2.28. The topological polar surface area (TPSA) is 88.2 Å². The molecule has 1 aromatic heterocycles. The smallest absolute Gasteiger partial charge is 0.259 e. The molecule has 2 aromatic rings. The van der Waals surface area contributed by atoms with Crippen molar-refractivity contribution in [3.8, 4) is 0 Å². The van der Waals surface area contributed by atoms with E-state index in [0.29, 0.717) is 5.13 Å². The molecule has 136 valence electrons. The van der Waals surface area contributed by atoms with Crippen LogP contribution in [0.2, 0.25) is 5.02 Å². The predicted molar refractivity (Wildman–Crippen MR) is 101 cm³/mol. The summed E-state index contributed by atoms with van der Waals surface area (Å²) in [5.41, 5.74) is 0.957. The lowest BCUT2D eigenvalue weighted by molar-refractivity contribution is 0.102. The Hall–Kier alpha value is -1.48. The van der Waals surface area contributed by atoms with Crippen LogP contribution in [-0.2, 0) is 10.0 Å². The maximum absolute atomic E-state index is 12.5. The van der Waals surface area contributed by atoms with E-state index in [-0.39, 0.29) is 27.4 Å². The van der Waals surface area contributed by atoms with E-state index in [0.717, 1.165) is 5.69 Å². The number of carbonyl (C=O) groups is 1. The van der Waals surface area contributed by atoms with Gasteiger partial charge in [0.1, 0.15) is 0 Å². The molecule has 0 spiro atoms. The van der Waals surface area contributed by atoms with Gasteiger partial charge in [0.15, 0.2) is 5.13 Å². The summed E-state index contributed by atoms with van der Waals surface area (Å²) in [6.45, 7) is 7.45. The lowest BCUT2D eigenvalue weighted by atomic mass is 10.2. The van der Waals surface area contributed by atoms with Crippen molar-refractivity contribution >= 4 is 44.0 Å². The molecule has 0 unspecified atom stereocenters. The third-order valence-electron chi connectivity index (χ3n) is 3.22. The van der Waals surface area contributed by atoms with Crippen molar-refractivity contribution in [2.24, 2.45) is 0 Å². The molecule has 0 radical (unpaired) electrons. The van der Waals surface area contributed by atoms with Crippen molar-refractivity contribution in [2.45, 2.75) is 44.6 Å². The molecule has 1 amide bonds. The van der Waals surface area contributed by atoms with Crippen LogP contribution < -0.4 is 10.0 Å². The van der Waals surface area contributed by atoms with Crippen molar-refractivity contribution in [1.29, 1.82) is 0 Å². The fraction of sp³-hybridized carbons (Fsp3) is 0.375. The van der Waals surface area contributed by atoms with E-state index < -0.39 is 15.9 Å². The second kappa shape index (κ2) is 7.82. The number of benzene rings is 1. The zero-order valence-corrected chi connectivity index (χ0v) is 16.7. The standard InChI is InChI=1S/C16H20ClN3O3S2/c1-9(2)14-8-24-16(18-14)19-15(21)12-7-11(5-6-13(12)17)25(22,23)20-10(3)4/h5-10,20H,1-4H3,(H,18,19,21). The minimum absolute atomic E-state index is 0.0160. The van der Waals surface area contributed by atoms with Crippen molar-refractivity contribution in [2.75, 3.05) is 5.32 Å². The number of hydrogen-bond donors (Lipinski definition) is 2. The highest BCUT2D eigenvalue weighted by atomic mass is 35.5. The van der Waals surface area contributed by atoms with Gasteiger partial charge >= 0.3 is 0 Å². The highest BCUT2D eigenvalue weighted by molar-refractivity contribution is 7.89. The Morgan fingerprint density at radius 1 is 1.24 bits per heavy atom. The van der Waals surface area contributed by atoms with E-state index in [2.05, 4.69) is 15.0 Å². The van der Waals surface area contributed by atoms with Crippen molar-refractivity contribution in [3.05, 3.63) is 39.9 Å². The van der Waals surface area contributed by atoms with Gasteiger partial charge in [-0.2, -0.15) is 0 Å². The van der Waals surface area contributed by atoms with Gasteiger partial charge < -0.3 is 0 Å². The quantitative estimate of drug-likeness (QED) is 0.769. The Morgan fingerprint density at radius 2 is 1.92 bits per heavy atom. The number of rotatable bonds is 6. The molecule has 1 heterocycles. The summed E-state index contributed by atoms with van der Waals surface area (Å²) in [5, 5.41) is 5.14. The van der Waals surface area contributed by atoms with Crippen LogP contribution in [0, 0.1) is 0 Å². The predicted octanol–water partition coefficient (Wildman–Crippen LogP) is 3.86. The number of carbonyl (C=O) groups excluding carboxylic acids is 1. The maximum Gasteiger partial charge on any atom is 0.259 e. The minimum atomic E-state index is -3.71. The molecule has 0 fully saturated rings. The number of hydrogen-bond acceptors (Lipinski definition) is 5. The molecule has 2 rings (SSSR count). The fourth-order valence-electron chi connectivity index (χ4n) is 2.00. The maximum atomic E-state index is 12.5. The number of nitrogens with one attached hydrogen (secondary N) is 2. The summed E-state index contributed by atoms with van der Waals surface area (Å²) < 4.78 is 27.0. The van der Waals surface area contributed by atoms with Crippen LogP contribution in [0.25, 0.3) is 0 Å². The molecule has 0 atom stereocenters. The number of anilines is 1. The fourth-order valence-corrected chi connectivity index (χ4v) is 4.34. The molecule has 1 aromatic carbocycles. The highest BCUT2D eigenvalue weighted by Gasteiger charge is 2.20. The number of thiazole rings is 1. The summed E-state index contributed by atoms with van der Waals surface area (Å²) in [5.74, 6) is -0.252. The number of amides is 1. The first kappa shape index (κ1) is 19.8. The SMILES string of the molecule is CC(C)NS(=O)(=O)c1ccc(Cl)c(C(=O)Nc2nc(C(C)C)cs2)c1. The molecule has 25 heavy (non-hydrogen) atoms. The summed E-state index contributed by atoms with van der Waals surface area (Å²) in [4.78, 5) is 16.8. The number of sulfonamides is 1. The molecule has 9 heteroatoms. The highest BCUT2D eigenvalue weighted by Crippen LogP contribution is 2.25. The Kier molecular flexibility index (Phi) is 6.21. The van der Waals surface area contributed by atoms with E-state index in [9.17, 15) is 13.2 Å². The normalized spacial score (nSPS) is 12.0. The van der Waals surface area contributed by atoms with Crippen LogP contribution in [0.5, 0.6) is 0 Å². The second-order valence-corrected chi connectivity index (χ2v) is 9.08. The molecule has 0 aliphatic carbocycles. The monoisotopic (exact) mass is 401 g/mol. The van der Waals surface area contributed by atoms with Crippen LogP contribution >= 0.6 is 22.9 Å². The molecule has 0 aliphatic heterocycles. The second-order valence-electron chi connectivity index (χ2n) is 6.10. The summed E-state index contributed by atoms with van der Waals surface area (Å²) in [6, 6.07) is 3.76. The van der Waals surface area contributed by atoms with Crippen LogP contribution in [-0.4, -0.2) is 25.4 Å². The first-order chi connectivity index (χ1) is 11.6. The van der Waals surface area contributed by atoms with Crippen LogP contribution in [0.15, 0.2) is 28.5 Å². The summed E-state index contributed by atoms with van der Waals surface area (Å²) in [7, 11) is -3.71. The summed E-state index contributed by atoms with van der Waals surface area (Å²) >= 11 is 7.38. The van der Waals surface area contributed by atoms with Gasteiger partial charge in [0, 0.05) is 11.4 Å². The number of aromatic nitrogens is 1. The van der Waals surface area contributed by atoms with Gasteiger partial charge in [-0.15, -0.1) is 11.3 Å². The number of halogens is 1. The number of nitrogens with zero attached hydrogens (tertiary/aromatic N) is 1. The Morgan fingerprint density at radius 3 is 2.48 bits per heavy atom. The van der Waals surface area contributed by atoms with Crippen LogP contribution in [0.1, 0.15) is 49.7 Å². The minimum Gasteiger partial charge on any atom is -0.298 e. The summed E-state index contributed by atoms with van der Waals surface area (Å²) in [6.07, 6.45) is 0.